The zero-order valence-corrected chi connectivity index (χ0v) is 17.1. The highest BCUT2D eigenvalue weighted by Gasteiger charge is 2.39. The van der Waals surface area contributed by atoms with E-state index in [1.165, 1.54) is 0 Å². The molecular formula is C21H25N3O4S. The highest BCUT2D eigenvalue weighted by molar-refractivity contribution is 7.91. The second-order valence-corrected chi connectivity index (χ2v) is 9.92. The van der Waals surface area contributed by atoms with Gasteiger partial charge in [0.2, 0.25) is 0 Å². The van der Waals surface area contributed by atoms with Crippen LogP contribution in [0.3, 0.4) is 0 Å². The summed E-state index contributed by atoms with van der Waals surface area (Å²) in [6.45, 7) is -0.138. The van der Waals surface area contributed by atoms with Gasteiger partial charge in [-0.15, -0.1) is 0 Å². The number of hydrogen-bond donors (Lipinski definition) is 0. The second-order valence-electron chi connectivity index (χ2n) is 7.69. The van der Waals surface area contributed by atoms with Crippen molar-refractivity contribution in [1.82, 2.24) is 14.9 Å². The molecule has 29 heavy (non-hydrogen) atoms. The molecule has 1 unspecified atom stereocenters. The molecule has 1 aromatic carbocycles. The van der Waals surface area contributed by atoms with Gasteiger partial charge in [-0.2, -0.15) is 0 Å². The molecule has 1 aromatic heterocycles. The van der Waals surface area contributed by atoms with Crippen LogP contribution in [0.5, 0.6) is 5.75 Å². The van der Waals surface area contributed by atoms with Gasteiger partial charge in [-0.1, -0.05) is 43.2 Å². The second kappa shape index (κ2) is 8.49. The maximum atomic E-state index is 13.0. The molecule has 154 valence electrons. The highest BCUT2D eigenvalue weighted by atomic mass is 32.2. The van der Waals surface area contributed by atoms with Crippen LogP contribution in [0, 0.1) is 0 Å². The van der Waals surface area contributed by atoms with Gasteiger partial charge < -0.3 is 9.64 Å². The standard InChI is InChI=1S/C21H25N3O4S/c25-20(24(17-8-4-5-9-17)18-10-11-29(26,27)15-18)14-28-19-12-22-21(23-13-19)16-6-2-1-3-7-16/h1-3,6-7,12-13,17-18H,4-5,8-11,14-15H2. The first-order valence-corrected chi connectivity index (χ1v) is 11.9. The maximum absolute atomic E-state index is 13.0. The molecule has 0 bridgehead atoms. The van der Waals surface area contributed by atoms with E-state index < -0.39 is 9.84 Å². The van der Waals surface area contributed by atoms with Crippen LogP contribution in [0.4, 0.5) is 0 Å². The molecule has 2 fully saturated rings. The third-order valence-corrected chi connectivity index (χ3v) is 7.38. The van der Waals surface area contributed by atoms with Crippen molar-refractivity contribution in [3.8, 4) is 17.1 Å². The SMILES string of the molecule is O=C(COc1cnc(-c2ccccc2)nc1)N(C1CCCC1)C1CCS(=O)(=O)C1. The number of aromatic nitrogens is 2. The Bertz CT molecular complexity index is 942. The number of hydrogen-bond acceptors (Lipinski definition) is 6. The van der Waals surface area contributed by atoms with Crippen molar-refractivity contribution in [2.75, 3.05) is 18.1 Å². The van der Waals surface area contributed by atoms with Gasteiger partial charge in [0.05, 0.1) is 23.9 Å². The van der Waals surface area contributed by atoms with Crippen molar-refractivity contribution in [3.63, 3.8) is 0 Å². The molecule has 1 atom stereocenters. The Balaban J connectivity index is 1.41. The van der Waals surface area contributed by atoms with Crippen molar-refractivity contribution < 1.29 is 17.9 Å². The van der Waals surface area contributed by atoms with Gasteiger partial charge in [-0.25, -0.2) is 18.4 Å². The Morgan fingerprint density at radius 3 is 2.34 bits per heavy atom. The van der Waals surface area contributed by atoms with Crippen LogP contribution < -0.4 is 4.74 Å². The average molecular weight is 416 g/mol. The van der Waals surface area contributed by atoms with Crippen molar-refractivity contribution in [1.29, 1.82) is 0 Å². The monoisotopic (exact) mass is 415 g/mol. The fraction of sp³-hybridized carbons (Fsp3) is 0.476. The molecule has 1 saturated carbocycles. The molecule has 1 aliphatic heterocycles. The normalized spacial score (nSPS) is 21.2. The smallest absolute Gasteiger partial charge is 0.261 e. The van der Waals surface area contributed by atoms with E-state index >= 15 is 0 Å². The van der Waals surface area contributed by atoms with E-state index in [1.807, 2.05) is 30.3 Å². The first kappa shape index (κ1) is 19.8. The van der Waals surface area contributed by atoms with Crippen LogP contribution in [-0.4, -0.2) is 59.4 Å². The number of ether oxygens (including phenoxy) is 1. The molecule has 2 aromatic rings. The number of carbonyl (C=O) groups is 1. The molecule has 7 nitrogen and oxygen atoms in total. The molecular weight excluding hydrogens is 390 g/mol. The molecule has 1 saturated heterocycles. The number of rotatable bonds is 6. The van der Waals surface area contributed by atoms with Gasteiger partial charge >= 0.3 is 0 Å². The third-order valence-electron chi connectivity index (χ3n) is 5.63. The lowest BCUT2D eigenvalue weighted by molar-refractivity contribution is -0.137. The van der Waals surface area contributed by atoms with E-state index in [1.54, 1.807) is 17.3 Å². The molecule has 1 aliphatic carbocycles. The van der Waals surface area contributed by atoms with Gasteiger partial charge in [0.1, 0.15) is 0 Å². The zero-order chi connectivity index (χ0) is 20.3. The van der Waals surface area contributed by atoms with E-state index in [0.717, 1.165) is 31.2 Å². The summed E-state index contributed by atoms with van der Waals surface area (Å²) >= 11 is 0. The summed E-state index contributed by atoms with van der Waals surface area (Å²) in [7, 11) is -3.06. The summed E-state index contributed by atoms with van der Waals surface area (Å²) in [6.07, 6.45) is 7.63. The molecule has 2 aliphatic rings. The van der Waals surface area contributed by atoms with Crippen molar-refractivity contribution in [3.05, 3.63) is 42.7 Å². The Kier molecular flexibility index (Phi) is 5.80. The minimum atomic E-state index is -3.06. The topological polar surface area (TPSA) is 89.5 Å². The van der Waals surface area contributed by atoms with Gasteiger partial charge in [0.25, 0.3) is 5.91 Å². The van der Waals surface area contributed by atoms with Crippen molar-refractivity contribution >= 4 is 15.7 Å². The van der Waals surface area contributed by atoms with Crippen LogP contribution in [0.1, 0.15) is 32.1 Å². The largest absolute Gasteiger partial charge is 0.481 e. The fourth-order valence-corrected chi connectivity index (χ4v) is 5.94. The first-order chi connectivity index (χ1) is 14.0. The van der Waals surface area contributed by atoms with Gasteiger partial charge in [0, 0.05) is 17.6 Å². The lowest BCUT2D eigenvalue weighted by Crippen LogP contribution is -2.48. The Morgan fingerprint density at radius 1 is 1.03 bits per heavy atom. The van der Waals surface area contributed by atoms with Gasteiger partial charge in [0.15, 0.2) is 28.0 Å². The summed E-state index contributed by atoms with van der Waals surface area (Å²) < 4.78 is 29.5. The quantitative estimate of drug-likeness (QED) is 0.720. The van der Waals surface area contributed by atoms with Crippen LogP contribution in [-0.2, 0) is 14.6 Å². The molecule has 0 spiro atoms. The predicted octanol–water partition coefficient (Wildman–Crippen LogP) is 2.48. The highest BCUT2D eigenvalue weighted by Crippen LogP contribution is 2.29. The van der Waals surface area contributed by atoms with E-state index in [9.17, 15) is 13.2 Å². The molecule has 1 amide bonds. The van der Waals surface area contributed by atoms with Gasteiger partial charge in [-0.05, 0) is 19.3 Å². The van der Waals surface area contributed by atoms with E-state index in [4.69, 9.17) is 4.74 Å². The minimum absolute atomic E-state index is 0.0596. The van der Waals surface area contributed by atoms with Gasteiger partial charge in [-0.3, -0.25) is 4.79 Å². The summed E-state index contributed by atoms with van der Waals surface area (Å²) in [5, 5.41) is 0. The average Bonchev–Trinajstić information content (AvgIpc) is 3.38. The molecule has 8 heteroatoms. The maximum Gasteiger partial charge on any atom is 0.261 e. The molecule has 0 radical (unpaired) electrons. The van der Waals surface area contributed by atoms with Crippen LogP contribution in [0.2, 0.25) is 0 Å². The molecule has 2 heterocycles. The molecule has 4 rings (SSSR count). The number of benzene rings is 1. The Morgan fingerprint density at radius 2 is 1.72 bits per heavy atom. The summed E-state index contributed by atoms with van der Waals surface area (Å²) in [5.74, 6) is 1.07. The number of sulfone groups is 1. The zero-order valence-electron chi connectivity index (χ0n) is 16.2. The third kappa shape index (κ3) is 4.75. The van der Waals surface area contributed by atoms with Crippen LogP contribution in [0.25, 0.3) is 11.4 Å². The van der Waals surface area contributed by atoms with Crippen LogP contribution in [0.15, 0.2) is 42.7 Å². The van der Waals surface area contributed by atoms with E-state index in [2.05, 4.69) is 9.97 Å². The Hall–Kier alpha value is -2.48. The van der Waals surface area contributed by atoms with Crippen molar-refractivity contribution in [2.45, 2.75) is 44.2 Å². The number of amides is 1. The number of nitrogens with zero attached hydrogens (tertiary/aromatic N) is 3. The first-order valence-electron chi connectivity index (χ1n) is 10.0. The Labute approximate surface area is 171 Å². The summed E-state index contributed by atoms with van der Waals surface area (Å²) in [6, 6.07) is 9.49. The number of carbonyl (C=O) groups excluding carboxylic acids is 1. The van der Waals surface area contributed by atoms with Crippen LogP contribution >= 0.6 is 0 Å². The lowest BCUT2D eigenvalue weighted by Gasteiger charge is -2.34. The lowest BCUT2D eigenvalue weighted by atomic mass is 10.1. The fourth-order valence-electron chi connectivity index (χ4n) is 4.23. The van der Waals surface area contributed by atoms with Crippen molar-refractivity contribution in [2.24, 2.45) is 0 Å². The van der Waals surface area contributed by atoms with E-state index in [0.29, 0.717) is 18.0 Å². The summed E-state index contributed by atoms with van der Waals surface area (Å²) in [5.41, 5.74) is 0.907. The summed E-state index contributed by atoms with van der Waals surface area (Å²) in [4.78, 5) is 23.4. The predicted molar refractivity (Wildman–Crippen MR) is 109 cm³/mol. The molecule has 0 N–H and O–H groups in total. The van der Waals surface area contributed by atoms with E-state index in [-0.39, 0.29) is 36.1 Å². The minimum Gasteiger partial charge on any atom is -0.481 e.